The summed E-state index contributed by atoms with van der Waals surface area (Å²) >= 11 is 0. The summed E-state index contributed by atoms with van der Waals surface area (Å²) in [5, 5.41) is 4.65. The van der Waals surface area contributed by atoms with Gasteiger partial charge in [-0.2, -0.15) is 5.10 Å². The van der Waals surface area contributed by atoms with Gasteiger partial charge in [0.05, 0.1) is 17.9 Å². The molecule has 0 unspecified atom stereocenters. The molecule has 1 saturated heterocycles. The van der Waals surface area contributed by atoms with Crippen LogP contribution >= 0.6 is 0 Å². The molecule has 2 amide bonds. The molecule has 1 saturated carbocycles. The largest absolute Gasteiger partial charge is 0.456 e. The summed E-state index contributed by atoms with van der Waals surface area (Å²) < 4.78 is 7.48. The lowest BCUT2D eigenvalue weighted by atomic mass is 9.65. The summed E-state index contributed by atoms with van der Waals surface area (Å²) in [5.74, 6) is 0.808. The van der Waals surface area contributed by atoms with Gasteiger partial charge in [0.1, 0.15) is 28.6 Å². The van der Waals surface area contributed by atoms with E-state index in [4.69, 9.17) is 16.2 Å². The normalized spacial score (nSPS) is 21.3. The van der Waals surface area contributed by atoms with Gasteiger partial charge in [-0.3, -0.25) is 14.6 Å². The number of hydrogen-bond acceptors (Lipinski definition) is 6. The Hall–Kier alpha value is -4.14. The number of nitrogens with two attached hydrogens (primary N) is 2. The maximum atomic E-state index is 12.2. The predicted octanol–water partition coefficient (Wildman–Crippen LogP) is 3.16. The minimum absolute atomic E-state index is 0.0336. The van der Waals surface area contributed by atoms with Crippen molar-refractivity contribution in [2.24, 2.45) is 11.1 Å². The van der Waals surface area contributed by atoms with Crippen LogP contribution in [0.2, 0.25) is 0 Å². The van der Waals surface area contributed by atoms with Crippen molar-refractivity contribution in [2.75, 3.05) is 18.8 Å². The molecule has 2 fully saturated rings. The number of nitrogens with zero attached hydrogens (tertiary/aromatic N) is 4. The average molecular weight is 459 g/mol. The second kappa shape index (κ2) is 8.33. The Morgan fingerprint density at radius 1 is 1.15 bits per heavy atom. The van der Waals surface area contributed by atoms with Crippen LogP contribution in [0.4, 0.5) is 5.82 Å². The van der Waals surface area contributed by atoms with E-state index in [0.717, 1.165) is 25.8 Å². The molecule has 1 aliphatic carbocycles. The number of benzene rings is 1. The Labute approximate surface area is 197 Å². The van der Waals surface area contributed by atoms with Crippen molar-refractivity contribution in [1.82, 2.24) is 19.7 Å². The van der Waals surface area contributed by atoms with E-state index in [0.29, 0.717) is 29.4 Å². The molecule has 34 heavy (non-hydrogen) atoms. The third kappa shape index (κ3) is 3.79. The van der Waals surface area contributed by atoms with Crippen LogP contribution in [-0.2, 0) is 4.79 Å². The molecule has 2 aliphatic rings. The van der Waals surface area contributed by atoms with Gasteiger partial charge < -0.3 is 21.1 Å². The Balaban J connectivity index is 1.36. The number of amides is 2. The van der Waals surface area contributed by atoms with Crippen molar-refractivity contribution in [1.29, 1.82) is 0 Å². The Morgan fingerprint density at radius 2 is 1.91 bits per heavy atom. The smallest absolute Gasteiger partial charge is 0.254 e. The maximum absolute atomic E-state index is 12.2. The van der Waals surface area contributed by atoms with Crippen molar-refractivity contribution in [3.8, 4) is 22.9 Å². The van der Waals surface area contributed by atoms with Gasteiger partial charge in [0.25, 0.3) is 5.91 Å². The van der Waals surface area contributed by atoms with Crippen LogP contribution in [0, 0.1) is 5.41 Å². The van der Waals surface area contributed by atoms with E-state index in [2.05, 4.69) is 16.7 Å². The van der Waals surface area contributed by atoms with Gasteiger partial charge in [-0.25, -0.2) is 4.68 Å². The monoisotopic (exact) mass is 458 g/mol. The van der Waals surface area contributed by atoms with E-state index < -0.39 is 5.91 Å². The lowest BCUT2D eigenvalue weighted by molar-refractivity contribution is -0.125. The van der Waals surface area contributed by atoms with Gasteiger partial charge in [-0.05, 0) is 55.0 Å². The molecule has 0 radical (unpaired) electrons. The van der Waals surface area contributed by atoms with Crippen LogP contribution in [0.15, 0.2) is 61.3 Å². The summed E-state index contributed by atoms with van der Waals surface area (Å²) in [6, 6.07) is 12.9. The van der Waals surface area contributed by atoms with Gasteiger partial charge in [0, 0.05) is 13.1 Å². The number of carbonyl (C=O) groups excluding carboxylic acids is 2. The summed E-state index contributed by atoms with van der Waals surface area (Å²) in [6.45, 7) is 5.01. The number of primary amides is 1. The molecular formula is C25H26N6O3. The van der Waals surface area contributed by atoms with Gasteiger partial charge in [0.15, 0.2) is 0 Å². The van der Waals surface area contributed by atoms with E-state index in [1.165, 1.54) is 6.08 Å². The van der Waals surface area contributed by atoms with Crippen LogP contribution in [0.25, 0.3) is 11.4 Å². The van der Waals surface area contributed by atoms with Crippen LogP contribution in [0.5, 0.6) is 11.5 Å². The average Bonchev–Trinajstić information content (AvgIpc) is 3.41. The number of aromatic nitrogens is 3. The quantitative estimate of drug-likeness (QED) is 0.546. The number of ether oxygens (including phenoxy) is 1. The molecule has 3 aromatic rings. The van der Waals surface area contributed by atoms with Gasteiger partial charge in [0.2, 0.25) is 5.91 Å². The third-order valence-corrected chi connectivity index (χ3v) is 6.76. The molecule has 9 nitrogen and oxygen atoms in total. The minimum atomic E-state index is -0.650. The number of carbonyl (C=O) groups is 2. The first-order chi connectivity index (χ1) is 16.4. The standard InChI is InChI=1S/C25H26N6O3/c1-2-20(32)30-11-10-25(15-30)12-16(13-25)31-23(26)21(24(27)33)22(29-31)19-9-8-18(14-28-19)34-17-6-4-3-5-7-17/h2-9,14,16H,1,10-13,15,26H2,(H2,27,33). The first-order valence-electron chi connectivity index (χ1n) is 11.2. The molecule has 1 aliphatic heterocycles. The van der Waals surface area contributed by atoms with E-state index >= 15 is 0 Å². The van der Waals surface area contributed by atoms with Crippen molar-refractivity contribution < 1.29 is 14.3 Å². The fourth-order valence-corrected chi connectivity index (χ4v) is 5.05. The van der Waals surface area contributed by atoms with Gasteiger partial charge in [-0.15, -0.1) is 0 Å². The molecule has 1 spiro atoms. The van der Waals surface area contributed by atoms with Crippen LogP contribution < -0.4 is 16.2 Å². The van der Waals surface area contributed by atoms with Crippen LogP contribution in [-0.4, -0.2) is 44.6 Å². The van der Waals surface area contributed by atoms with Crippen LogP contribution in [0.1, 0.15) is 35.7 Å². The highest BCUT2D eigenvalue weighted by Crippen LogP contribution is 2.54. The lowest BCUT2D eigenvalue weighted by Crippen LogP contribution is -2.42. The fraction of sp³-hybridized carbons (Fsp3) is 0.280. The summed E-state index contributed by atoms with van der Waals surface area (Å²) in [6.07, 6.45) is 5.52. The topological polar surface area (TPSA) is 129 Å². The predicted molar refractivity (Wildman–Crippen MR) is 127 cm³/mol. The SMILES string of the molecule is C=CC(=O)N1CCC2(CC(n3nc(-c4ccc(Oc5ccccc5)cn4)c(C(N)=O)c3N)C2)C1. The highest BCUT2D eigenvalue weighted by molar-refractivity contribution is 6.03. The maximum Gasteiger partial charge on any atom is 0.254 e. The Morgan fingerprint density at radius 3 is 2.56 bits per heavy atom. The lowest BCUT2D eigenvalue weighted by Gasteiger charge is -2.45. The molecular weight excluding hydrogens is 432 g/mol. The Kier molecular flexibility index (Phi) is 5.31. The van der Waals surface area contributed by atoms with Crippen LogP contribution in [0.3, 0.4) is 0 Å². The number of hydrogen-bond donors (Lipinski definition) is 2. The molecule has 4 N–H and O–H groups in total. The van der Waals surface area contributed by atoms with E-state index in [1.807, 2.05) is 35.2 Å². The van der Waals surface area contributed by atoms with E-state index in [-0.39, 0.29) is 28.7 Å². The van der Waals surface area contributed by atoms with Gasteiger partial charge >= 0.3 is 0 Å². The van der Waals surface area contributed by atoms with E-state index in [1.54, 1.807) is 23.0 Å². The van der Waals surface area contributed by atoms with Gasteiger partial charge in [-0.1, -0.05) is 24.8 Å². The molecule has 3 heterocycles. The zero-order valence-electron chi connectivity index (χ0n) is 18.7. The molecule has 0 atom stereocenters. The Bertz CT molecular complexity index is 1250. The van der Waals surface area contributed by atoms with Crippen molar-refractivity contribution in [3.05, 3.63) is 66.9 Å². The summed E-state index contributed by atoms with van der Waals surface area (Å²) in [7, 11) is 0. The fourth-order valence-electron chi connectivity index (χ4n) is 5.05. The number of pyridine rings is 1. The molecule has 0 bridgehead atoms. The highest BCUT2D eigenvalue weighted by Gasteiger charge is 2.50. The number of likely N-dealkylation sites (tertiary alicyclic amines) is 1. The summed E-state index contributed by atoms with van der Waals surface area (Å²) in [5.41, 5.74) is 13.1. The molecule has 1 aromatic carbocycles. The second-order valence-electron chi connectivity index (χ2n) is 8.99. The number of nitrogen functional groups attached to an aromatic ring is 1. The molecule has 9 heteroatoms. The van der Waals surface area contributed by atoms with Crippen molar-refractivity contribution in [2.45, 2.75) is 25.3 Å². The van der Waals surface area contributed by atoms with Crippen molar-refractivity contribution in [3.63, 3.8) is 0 Å². The number of anilines is 1. The number of para-hydroxylation sites is 1. The van der Waals surface area contributed by atoms with E-state index in [9.17, 15) is 9.59 Å². The molecule has 5 rings (SSSR count). The van der Waals surface area contributed by atoms with Crippen molar-refractivity contribution >= 4 is 17.6 Å². The minimum Gasteiger partial charge on any atom is -0.456 e. The number of rotatable bonds is 6. The summed E-state index contributed by atoms with van der Waals surface area (Å²) in [4.78, 5) is 30.5. The highest BCUT2D eigenvalue weighted by atomic mass is 16.5. The third-order valence-electron chi connectivity index (χ3n) is 6.76. The zero-order valence-corrected chi connectivity index (χ0v) is 18.7. The molecule has 174 valence electrons. The second-order valence-corrected chi connectivity index (χ2v) is 8.99. The first kappa shape index (κ1) is 21.7. The molecule has 2 aromatic heterocycles. The zero-order chi connectivity index (χ0) is 23.9. The first-order valence-corrected chi connectivity index (χ1v) is 11.2.